The van der Waals surface area contributed by atoms with Gasteiger partial charge in [0, 0.05) is 29.7 Å². The largest absolute Gasteiger partial charge is 0.351 e. The summed E-state index contributed by atoms with van der Waals surface area (Å²) in [5, 5.41) is 11.3. The van der Waals surface area contributed by atoms with E-state index >= 15 is 0 Å². The van der Waals surface area contributed by atoms with Crippen LogP contribution in [0.4, 0.5) is 10.5 Å². The molecule has 156 valence electrons. The number of carbonyl (C=O) groups is 2. The number of carbonyl (C=O) groups excluding carboxylic acids is 2. The van der Waals surface area contributed by atoms with Gasteiger partial charge < -0.3 is 16.1 Å². The van der Waals surface area contributed by atoms with Gasteiger partial charge in [0.05, 0.1) is 11.8 Å². The molecule has 3 N–H and O–H groups in total. The Hall–Kier alpha value is -3.10. The summed E-state index contributed by atoms with van der Waals surface area (Å²) in [6, 6.07) is 8.25. The average molecular weight is 444 g/mol. The summed E-state index contributed by atoms with van der Waals surface area (Å²) in [6.45, 7) is 0. The molecule has 3 amide bonds. The molecule has 0 aliphatic heterocycles. The minimum Gasteiger partial charge on any atom is -0.351 e. The molecule has 0 saturated heterocycles. The first kappa shape index (κ1) is 21.6. The number of halogens is 1. The Bertz CT molecular complexity index is 967. The smallest absolute Gasteiger partial charge is 0.320 e. The number of anilines is 1. The molecule has 1 heterocycles. The van der Waals surface area contributed by atoms with Crippen molar-refractivity contribution in [1.82, 2.24) is 10.3 Å². The van der Waals surface area contributed by atoms with E-state index in [1.807, 2.05) is 49.8 Å². The Kier molecular flexibility index (Phi) is 6.91. The summed E-state index contributed by atoms with van der Waals surface area (Å²) in [5.41, 5.74) is 6.94. The van der Waals surface area contributed by atoms with Crippen molar-refractivity contribution >= 4 is 46.3 Å². The van der Waals surface area contributed by atoms with Gasteiger partial charge in [-0.1, -0.05) is 29.8 Å². The van der Waals surface area contributed by atoms with Crippen molar-refractivity contribution in [1.29, 1.82) is 0 Å². The summed E-state index contributed by atoms with van der Waals surface area (Å²) in [4.78, 5) is 27.6. The zero-order chi connectivity index (χ0) is 21.7. The molecule has 1 atom stereocenters. The van der Waals surface area contributed by atoms with Crippen molar-refractivity contribution in [3.8, 4) is 0 Å². The number of hydrogen-bond donors (Lipinski definition) is 2. The van der Waals surface area contributed by atoms with Crippen LogP contribution in [0.15, 0.2) is 71.2 Å². The van der Waals surface area contributed by atoms with Crippen molar-refractivity contribution in [2.45, 2.75) is 12.1 Å². The van der Waals surface area contributed by atoms with Crippen molar-refractivity contribution in [2.75, 3.05) is 19.0 Å². The second-order valence-electron chi connectivity index (χ2n) is 6.73. The fourth-order valence-corrected chi connectivity index (χ4v) is 3.93. The van der Waals surface area contributed by atoms with Crippen LogP contribution in [-0.2, 0) is 4.79 Å². The van der Waals surface area contributed by atoms with Crippen LogP contribution in [0.5, 0.6) is 0 Å². The van der Waals surface area contributed by atoms with Gasteiger partial charge in [0.2, 0.25) is 5.91 Å². The van der Waals surface area contributed by atoms with Crippen LogP contribution < -0.4 is 16.0 Å². The van der Waals surface area contributed by atoms with E-state index in [4.69, 9.17) is 17.3 Å². The zero-order valence-electron chi connectivity index (χ0n) is 16.5. The van der Waals surface area contributed by atoms with E-state index in [-0.39, 0.29) is 11.9 Å². The van der Waals surface area contributed by atoms with Gasteiger partial charge in [-0.15, -0.1) is 11.3 Å². The number of hydrazone groups is 1. The molecule has 1 aliphatic rings. The topological polar surface area (TPSA) is 91.0 Å². The number of nitrogens with two attached hydrogens (primary N) is 1. The molecule has 3 rings (SSSR count). The Morgan fingerprint density at radius 3 is 2.37 bits per heavy atom. The Labute approximate surface area is 184 Å². The van der Waals surface area contributed by atoms with Crippen LogP contribution in [0, 0.1) is 0 Å². The lowest BCUT2D eigenvalue weighted by molar-refractivity contribution is -0.122. The standard InChI is InChI=1S/C21H22ClN5O2S/c1-26(2)25-16-9-7-15(8-10-16)24-20(28)19(18-4-3-13-30-18)27(21(23)29)17-11-5-14(22)6-12-17/h3-13,15,19H,1-2H3,(H2,23,29)(H,24,28). The molecule has 9 heteroatoms. The lowest BCUT2D eigenvalue weighted by atomic mass is 10.1. The molecule has 0 spiro atoms. The number of nitrogens with one attached hydrogen (secondary N) is 1. The monoisotopic (exact) mass is 443 g/mol. The highest BCUT2D eigenvalue weighted by Gasteiger charge is 2.33. The molecule has 30 heavy (non-hydrogen) atoms. The summed E-state index contributed by atoms with van der Waals surface area (Å²) in [6.07, 6.45) is 7.33. The van der Waals surface area contributed by atoms with Crippen LogP contribution >= 0.6 is 22.9 Å². The average Bonchev–Trinajstić information content (AvgIpc) is 3.22. The SMILES string of the molecule is CN(C)N=C1C=CC(NC(=O)C(c2cccs2)N(C(N)=O)c2ccc(Cl)cc2)C=C1. The quantitative estimate of drug-likeness (QED) is 0.669. The molecule has 2 aromatic rings. The number of rotatable bonds is 6. The third kappa shape index (κ3) is 5.28. The predicted molar refractivity (Wildman–Crippen MR) is 122 cm³/mol. The first-order chi connectivity index (χ1) is 14.3. The van der Waals surface area contributed by atoms with Gasteiger partial charge in [-0.05, 0) is 47.9 Å². The van der Waals surface area contributed by atoms with Gasteiger partial charge in [-0.2, -0.15) is 5.10 Å². The summed E-state index contributed by atoms with van der Waals surface area (Å²) >= 11 is 7.35. The lowest BCUT2D eigenvalue weighted by Crippen LogP contribution is -2.48. The van der Waals surface area contributed by atoms with Crippen molar-refractivity contribution < 1.29 is 9.59 Å². The minimum atomic E-state index is -0.915. The fraction of sp³-hybridized carbons (Fsp3) is 0.190. The van der Waals surface area contributed by atoms with E-state index < -0.39 is 12.1 Å². The zero-order valence-corrected chi connectivity index (χ0v) is 18.1. The molecule has 0 radical (unpaired) electrons. The molecule has 0 saturated carbocycles. The van der Waals surface area contributed by atoms with Crippen molar-refractivity contribution in [3.63, 3.8) is 0 Å². The third-order valence-electron chi connectivity index (χ3n) is 4.23. The summed E-state index contributed by atoms with van der Waals surface area (Å²) in [5.74, 6) is -0.349. The number of nitrogens with zero attached hydrogens (tertiary/aromatic N) is 3. The first-order valence-electron chi connectivity index (χ1n) is 9.15. The van der Waals surface area contributed by atoms with Crippen LogP contribution in [-0.4, -0.2) is 42.8 Å². The first-order valence-corrected chi connectivity index (χ1v) is 10.4. The number of thiophene rings is 1. The Morgan fingerprint density at radius 1 is 1.17 bits per heavy atom. The molecule has 0 fully saturated rings. The van der Waals surface area contributed by atoms with Gasteiger partial charge in [-0.3, -0.25) is 9.69 Å². The van der Waals surface area contributed by atoms with Crippen LogP contribution in [0.25, 0.3) is 0 Å². The van der Waals surface area contributed by atoms with Gasteiger partial charge in [-0.25, -0.2) is 4.79 Å². The molecular formula is C21H22ClN5O2S. The van der Waals surface area contributed by atoms with Crippen LogP contribution in [0.3, 0.4) is 0 Å². The van der Waals surface area contributed by atoms with Crippen molar-refractivity contribution in [3.05, 3.63) is 76.0 Å². The maximum Gasteiger partial charge on any atom is 0.320 e. The van der Waals surface area contributed by atoms with Crippen molar-refractivity contribution in [2.24, 2.45) is 10.8 Å². The molecule has 1 aromatic heterocycles. The Morgan fingerprint density at radius 2 is 1.83 bits per heavy atom. The summed E-state index contributed by atoms with van der Waals surface area (Å²) < 4.78 is 0. The second-order valence-corrected chi connectivity index (χ2v) is 8.14. The number of allylic oxidation sites excluding steroid dienone is 2. The number of hydrogen-bond acceptors (Lipinski definition) is 5. The van der Waals surface area contributed by atoms with E-state index in [1.54, 1.807) is 35.3 Å². The molecule has 1 aromatic carbocycles. The lowest BCUT2D eigenvalue weighted by Gasteiger charge is -2.30. The van der Waals surface area contributed by atoms with Crippen LogP contribution in [0.2, 0.25) is 5.02 Å². The highest BCUT2D eigenvalue weighted by Crippen LogP contribution is 2.31. The second kappa shape index (κ2) is 9.60. The van der Waals surface area contributed by atoms with E-state index in [2.05, 4.69) is 10.4 Å². The molecule has 1 aliphatic carbocycles. The highest BCUT2D eigenvalue weighted by molar-refractivity contribution is 7.10. The highest BCUT2D eigenvalue weighted by atomic mass is 35.5. The van der Waals surface area contributed by atoms with E-state index in [0.29, 0.717) is 15.6 Å². The van der Waals surface area contributed by atoms with E-state index in [1.165, 1.54) is 16.2 Å². The normalized spacial score (nSPS) is 16.1. The fourth-order valence-electron chi connectivity index (χ4n) is 2.99. The molecular weight excluding hydrogens is 422 g/mol. The minimum absolute atomic E-state index is 0.332. The maximum absolute atomic E-state index is 13.3. The summed E-state index contributed by atoms with van der Waals surface area (Å²) in [7, 11) is 3.67. The van der Waals surface area contributed by atoms with Gasteiger partial charge in [0.15, 0.2) is 6.04 Å². The van der Waals surface area contributed by atoms with Gasteiger partial charge in [0.25, 0.3) is 0 Å². The van der Waals surface area contributed by atoms with E-state index in [9.17, 15) is 9.59 Å². The number of amides is 3. The number of benzene rings is 1. The molecule has 0 bridgehead atoms. The van der Waals surface area contributed by atoms with E-state index in [0.717, 1.165) is 5.71 Å². The number of urea groups is 1. The molecule has 1 unspecified atom stereocenters. The number of primary amides is 1. The predicted octanol–water partition coefficient (Wildman–Crippen LogP) is 3.56. The van der Waals surface area contributed by atoms with Crippen LogP contribution in [0.1, 0.15) is 10.9 Å². The maximum atomic E-state index is 13.3. The third-order valence-corrected chi connectivity index (χ3v) is 5.41. The van der Waals surface area contributed by atoms with Gasteiger partial charge in [0.1, 0.15) is 0 Å². The van der Waals surface area contributed by atoms with Gasteiger partial charge >= 0.3 is 6.03 Å². The Balaban J connectivity index is 1.87. The molecule has 7 nitrogen and oxygen atoms in total.